The molecule has 1 unspecified atom stereocenters. The van der Waals surface area contributed by atoms with Crippen molar-refractivity contribution in [3.05, 3.63) is 35.4 Å². The fourth-order valence-electron chi connectivity index (χ4n) is 1.24. The van der Waals surface area contributed by atoms with Gasteiger partial charge in [0.05, 0.1) is 5.56 Å². The van der Waals surface area contributed by atoms with E-state index in [0.717, 1.165) is 5.56 Å². The van der Waals surface area contributed by atoms with Crippen molar-refractivity contribution in [3.63, 3.8) is 0 Å². The zero-order chi connectivity index (χ0) is 10.6. The quantitative estimate of drug-likeness (QED) is 0.801. The maximum absolute atomic E-state index is 10.9. The molecule has 0 fully saturated rings. The molecular formula is C10H12O2S2. The first-order valence-electron chi connectivity index (χ1n) is 4.18. The molecule has 0 saturated carbocycles. The number of carbonyl (C=O) groups is 1. The standard InChI is InChI=1S/C10H12O2S2/c1-7(14-13-2)8-5-3-4-6-9(8)10(11)12/h3-7H,1-2H3,(H,11,12). The maximum atomic E-state index is 10.9. The van der Waals surface area contributed by atoms with Gasteiger partial charge in [-0.2, -0.15) is 0 Å². The molecule has 1 rings (SSSR count). The van der Waals surface area contributed by atoms with Crippen LogP contribution < -0.4 is 0 Å². The molecule has 0 aromatic heterocycles. The summed E-state index contributed by atoms with van der Waals surface area (Å²) in [5, 5.41) is 9.17. The topological polar surface area (TPSA) is 37.3 Å². The van der Waals surface area contributed by atoms with E-state index in [1.807, 2.05) is 25.3 Å². The van der Waals surface area contributed by atoms with E-state index in [0.29, 0.717) is 5.56 Å². The number of hydrogen-bond acceptors (Lipinski definition) is 3. The number of benzene rings is 1. The van der Waals surface area contributed by atoms with E-state index in [2.05, 4.69) is 0 Å². The Morgan fingerprint density at radius 3 is 2.64 bits per heavy atom. The van der Waals surface area contributed by atoms with Crippen molar-refractivity contribution < 1.29 is 9.90 Å². The van der Waals surface area contributed by atoms with Crippen molar-refractivity contribution in [1.29, 1.82) is 0 Å². The minimum Gasteiger partial charge on any atom is -0.478 e. The summed E-state index contributed by atoms with van der Waals surface area (Å²) in [5.41, 5.74) is 1.29. The highest BCUT2D eigenvalue weighted by Crippen LogP contribution is 2.37. The van der Waals surface area contributed by atoms with Crippen molar-refractivity contribution >= 4 is 27.6 Å². The van der Waals surface area contributed by atoms with Gasteiger partial charge in [-0.1, -0.05) is 39.8 Å². The lowest BCUT2D eigenvalue weighted by atomic mass is 10.1. The number of rotatable bonds is 4. The van der Waals surface area contributed by atoms with Crippen LogP contribution in [0.3, 0.4) is 0 Å². The summed E-state index contributed by atoms with van der Waals surface area (Å²) in [5.74, 6) is -0.853. The number of carboxylic acid groups (broad SMARTS) is 1. The van der Waals surface area contributed by atoms with Gasteiger partial charge in [0, 0.05) is 5.25 Å². The van der Waals surface area contributed by atoms with E-state index in [-0.39, 0.29) is 5.25 Å². The van der Waals surface area contributed by atoms with Crippen LogP contribution in [-0.2, 0) is 0 Å². The lowest BCUT2D eigenvalue weighted by Gasteiger charge is -2.11. The molecule has 76 valence electrons. The Bertz CT molecular complexity index is 326. The highest BCUT2D eigenvalue weighted by atomic mass is 33.1. The Labute approximate surface area is 91.5 Å². The van der Waals surface area contributed by atoms with Crippen LogP contribution in [-0.4, -0.2) is 17.3 Å². The summed E-state index contributed by atoms with van der Waals surface area (Å²) >= 11 is 0. The highest BCUT2D eigenvalue weighted by molar-refractivity contribution is 8.76. The van der Waals surface area contributed by atoms with Gasteiger partial charge in [-0.15, -0.1) is 0 Å². The number of hydrogen-bond donors (Lipinski definition) is 1. The molecule has 0 spiro atoms. The molecule has 1 N–H and O–H groups in total. The Kier molecular flexibility index (Phi) is 4.35. The lowest BCUT2D eigenvalue weighted by molar-refractivity contribution is 0.0695. The number of aromatic carboxylic acids is 1. The van der Waals surface area contributed by atoms with Gasteiger partial charge in [0.1, 0.15) is 0 Å². The van der Waals surface area contributed by atoms with E-state index in [1.165, 1.54) is 0 Å². The summed E-state index contributed by atoms with van der Waals surface area (Å²) in [6.07, 6.45) is 1.99. The smallest absolute Gasteiger partial charge is 0.336 e. The molecule has 0 aliphatic heterocycles. The Hall–Kier alpha value is -0.610. The third-order valence-electron chi connectivity index (χ3n) is 1.87. The van der Waals surface area contributed by atoms with Crippen LogP contribution in [0.1, 0.15) is 28.1 Å². The largest absolute Gasteiger partial charge is 0.478 e. The van der Waals surface area contributed by atoms with Crippen LogP contribution >= 0.6 is 21.6 Å². The van der Waals surface area contributed by atoms with Gasteiger partial charge in [0.2, 0.25) is 0 Å². The van der Waals surface area contributed by atoms with Gasteiger partial charge in [0.25, 0.3) is 0 Å². The van der Waals surface area contributed by atoms with Gasteiger partial charge in [-0.3, -0.25) is 0 Å². The monoisotopic (exact) mass is 228 g/mol. The van der Waals surface area contributed by atoms with Crippen molar-refractivity contribution in [3.8, 4) is 0 Å². The molecule has 1 aromatic rings. The Morgan fingerprint density at radius 1 is 1.43 bits per heavy atom. The first kappa shape index (κ1) is 11.5. The molecule has 0 saturated heterocycles. The average molecular weight is 228 g/mol. The van der Waals surface area contributed by atoms with Crippen LogP contribution in [0.5, 0.6) is 0 Å². The fourth-order valence-corrected chi connectivity index (χ4v) is 3.02. The van der Waals surface area contributed by atoms with Gasteiger partial charge in [-0.05, 0) is 24.8 Å². The van der Waals surface area contributed by atoms with E-state index >= 15 is 0 Å². The van der Waals surface area contributed by atoms with Crippen molar-refractivity contribution in [1.82, 2.24) is 0 Å². The fraction of sp³-hybridized carbons (Fsp3) is 0.300. The van der Waals surface area contributed by atoms with Crippen molar-refractivity contribution in [2.24, 2.45) is 0 Å². The van der Waals surface area contributed by atoms with Crippen LogP contribution in [0.25, 0.3) is 0 Å². The van der Waals surface area contributed by atoms with E-state index < -0.39 is 5.97 Å². The first-order chi connectivity index (χ1) is 6.66. The second kappa shape index (κ2) is 5.32. The summed E-state index contributed by atoms with van der Waals surface area (Å²) < 4.78 is 0. The second-order valence-corrected chi connectivity index (χ2v) is 5.61. The average Bonchev–Trinajstić information content (AvgIpc) is 2.18. The van der Waals surface area contributed by atoms with Crippen LogP contribution in [0, 0.1) is 0 Å². The van der Waals surface area contributed by atoms with Crippen molar-refractivity contribution in [2.45, 2.75) is 12.2 Å². The predicted octanol–water partition coefficient (Wildman–Crippen LogP) is 3.46. The summed E-state index contributed by atoms with van der Waals surface area (Å²) in [6.45, 7) is 2.02. The summed E-state index contributed by atoms with van der Waals surface area (Å²) in [7, 11) is 3.32. The number of carboxylic acids is 1. The predicted molar refractivity (Wildman–Crippen MR) is 62.9 cm³/mol. The molecule has 1 atom stereocenters. The third kappa shape index (κ3) is 2.69. The Morgan fingerprint density at radius 2 is 2.07 bits per heavy atom. The molecule has 0 heterocycles. The molecule has 0 bridgehead atoms. The van der Waals surface area contributed by atoms with Crippen molar-refractivity contribution in [2.75, 3.05) is 6.26 Å². The zero-order valence-electron chi connectivity index (χ0n) is 8.06. The van der Waals surface area contributed by atoms with Gasteiger partial charge < -0.3 is 5.11 Å². The molecule has 4 heteroatoms. The molecule has 0 radical (unpaired) electrons. The van der Waals surface area contributed by atoms with Gasteiger partial charge in [0.15, 0.2) is 0 Å². The van der Waals surface area contributed by atoms with Crippen LogP contribution in [0.2, 0.25) is 0 Å². The molecule has 1 aromatic carbocycles. The second-order valence-electron chi connectivity index (χ2n) is 2.80. The maximum Gasteiger partial charge on any atom is 0.336 e. The molecule has 14 heavy (non-hydrogen) atoms. The minimum absolute atomic E-state index is 0.206. The normalized spacial score (nSPS) is 12.4. The third-order valence-corrected chi connectivity index (χ3v) is 4.05. The molecular weight excluding hydrogens is 216 g/mol. The Balaban J connectivity index is 3.00. The molecule has 0 aliphatic carbocycles. The zero-order valence-corrected chi connectivity index (χ0v) is 9.69. The minimum atomic E-state index is -0.853. The van der Waals surface area contributed by atoms with E-state index in [9.17, 15) is 4.79 Å². The first-order valence-corrected chi connectivity index (χ1v) is 6.80. The van der Waals surface area contributed by atoms with Crippen LogP contribution in [0.15, 0.2) is 24.3 Å². The SMILES string of the molecule is CSSC(C)c1ccccc1C(=O)O. The lowest BCUT2D eigenvalue weighted by Crippen LogP contribution is -2.02. The highest BCUT2D eigenvalue weighted by Gasteiger charge is 2.14. The summed E-state index contributed by atoms with van der Waals surface area (Å²) in [4.78, 5) is 10.9. The van der Waals surface area contributed by atoms with E-state index in [1.54, 1.807) is 33.7 Å². The molecule has 2 nitrogen and oxygen atoms in total. The van der Waals surface area contributed by atoms with Crippen LogP contribution in [0.4, 0.5) is 0 Å². The van der Waals surface area contributed by atoms with E-state index in [4.69, 9.17) is 5.11 Å². The van der Waals surface area contributed by atoms with Gasteiger partial charge in [-0.25, -0.2) is 4.79 Å². The molecule has 0 aliphatic rings. The summed E-state index contributed by atoms with van der Waals surface area (Å²) in [6, 6.07) is 7.15. The molecule has 0 amide bonds. The van der Waals surface area contributed by atoms with Gasteiger partial charge >= 0.3 is 5.97 Å².